The topological polar surface area (TPSA) is 37.4 Å². The van der Waals surface area contributed by atoms with Gasteiger partial charge in [-0.25, -0.2) is 8.42 Å². The second-order valence-electron chi connectivity index (χ2n) is 2.87. The Hall–Kier alpha value is -0.0900. The van der Waals surface area contributed by atoms with Crippen molar-refractivity contribution in [1.29, 1.82) is 0 Å². The van der Waals surface area contributed by atoms with Crippen LogP contribution in [0.2, 0.25) is 0 Å². The summed E-state index contributed by atoms with van der Waals surface area (Å²) in [6.07, 6.45) is 1.94. The van der Waals surface area contributed by atoms with Crippen LogP contribution >= 0.6 is 0 Å². The minimum Gasteiger partial charge on any atom is -0.309 e. The summed E-state index contributed by atoms with van der Waals surface area (Å²) in [5.74, 6) is 0.440. The van der Waals surface area contributed by atoms with Gasteiger partial charge in [-0.3, -0.25) is 0 Å². The highest BCUT2D eigenvalue weighted by Crippen LogP contribution is 2.02. The van der Waals surface area contributed by atoms with E-state index < -0.39 is 10.7 Å². The molecule has 1 atom stereocenters. The highest BCUT2D eigenvalue weighted by atomic mass is 32.2. The highest BCUT2D eigenvalue weighted by molar-refractivity contribution is 7.72. The second kappa shape index (κ2) is 5.55. The first-order valence-corrected chi connectivity index (χ1v) is 4.98. The molecule has 1 unspecified atom stereocenters. The van der Waals surface area contributed by atoms with Crippen molar-refractivity contribution in [1.82, 2.24) is 4.90 Å². The standard InChI is InChI=1S/C7H16NO2S/c1-4-7(5-8(2)3)6-11(9)10/h4,7,11H,5-6H2,1-3H3. The molecule has 11 heavy (non-hydrogen) atoms. The molecule has 0 aliphatic heterocycles. The monoisotopic (exact) mass is 178 g/mol. The molecule has 0 aliphatic carbocycles. The van der Waals surface area contributed by atoms with Crippen molar-refractivity contribution in [3.63, 3.8) is 0 Å². The second-order valence-corrected chi connectivity index (χ2v) is 3.90. The van der Waals surface area contributed by atoms with Gasteiger partial charge in [0.15, 0.2) is 0 Å². The molecule has 0 rings (SSSR count). The molecular weight excluding hydrogens is 162 g/mol. The van der Waals surface area contributed by atoms with Gasteiger partial charge in [0, 0.05) is 6.54 Å². The van der Waals surface area contributed by atoms with Crippen molar-refractivity contribution < 1.29 is 8.42 Å². The lowest BCUT2D eigenvalue weighted by molar-refractivity contribution is 0.362. The Morgan fingerprint density at radius 1 is 1.45 bits per heavy atom. The average Bonchev–Trinajstić information content (AvgIpc) is 1.84. The Kier molecular flexibility index (Phi) is 5.50. The van der Waals surface area contributed by atoms with E-state index in [1.165, 1.54) is 0 Å². The van der Waals surface area contributed by atoms with Crippen LogP contribution in [-0.2, 0) is 10.7 Å². The molecule has 0 bridgehead atoms. The molecule has 67 valence electrons. The number of hydrogen-bond acceptors (Lipinski definition) is 3. The molecule has 0 saturated heterocycles. The number of thiol groups is 1. The van der Waals surface area contributed by atoms with Gasteiger partial charge >= 0.3 is 0 Å². The quantitative estimate of drug-likeness (QED) is 0.602. The Labute approximate surface area is 70.3 Å². The zero-order valence-corrected chi connectivity index (χ0v) is 8.17. The van der Waals surface area contributed by atoms with Crippen LogP contribution in [0.5, 0.6) is 0 Å². The largest absolute Gasteiger partial charge is 0.309 e. The van der Waals surface area contributed by atoms with Gasteiger partial charge in [-0.1, -0.05) is 6.92 Å². The number of rotatable bonds is 5. The molecule has 0 heterocycles. The van der Waals surface area contributed by atoms with E-state index in [0.717, 1.165) is 6.54 Å². The summed E-state index contributed by atoms with van der Waals surface area (Å²) in [6.45, 7) is 2.70. The van der Waals surface area contributed by atoms with Crippen molar-refractivity contribution >= 4 is 10.7 Å². The summed E-state index contributed by atoms with van der Waals surface area (Å²) in [4.78, 5) is 1.99. The van der Waals surface area contributed by atoms with Gasteiger partial charge in [-0.05, 0) is 26.4 Å². The van der Waals surface area contributed by atoms with Gasteiger partial charge in [0.2, 0.25) is 0 Å². The lowest BCUT2D eigenvalue weighted by Gasteiger charge is -2.16. The first kappa shape index (κ1) is 10.9. The predicted molar refractivity (Wildman–Crippen MR) is 47.2 cm³/mol. The fraction of sp³-hybridized carbons (Fsp3) is 0.857. The van der Waals surface area contributed by atoms with E-state index in [2.05, 4.69) is 0 Å². The minimum absolute atomic E-state index is 0.172. The SMILES string of the molecule is C[CH]C(CN(C)C)C[SH](=O)=O. The van der Waals surface area contributed by atoms with Crippen molar-refractivity contribution in [2.75, 3.05) is 26.4 Å². The van der Waals surface area contributed by atoms with Crippen molar-refractivity contribution in [2.45, 2.75) is 6.92 Å². The molecule has 0 aromatic heterocycles. The van der Waals surface area contributed by atoms with Gasteiger partial charge < -0.3 is 4.90 Å². The molecule has 0 saturated carbocycles. The third kappa shape index (κ3) is 6.31. The zero-order valence-electron chi connectivity index (χ0n) is 7.28. The van der Waals surface area contributed by atoms with Crippen LogP contribution in [0, 0.1) is 12.3 Å². The van der Waals surface area contributed by atoms with Gasteiger partial charge in [0.05, 0.1) is 5.75 Å². The molecule has 0 amide bonds. The van der Waals surface area contributed by atoms with Crippen LogP contribution in [0.15, 0.2) is 0 Å². The van der Waals surface area contributed by atoms with Gasteiger partial charge in [0.1, 0.15) is 10.7 Å². The first-order chi connectivity index (χ1) is 5.06. The van der Waals surface area contributed by atoms with E-state index in [0.29, 0.717) is 0 Å². The van der Waals surface area contributed by atoms with E-state index in [1.54, 1.807) is 0 Å². The van der Waals surface area contributed by atoms with Crippen LogP contribution in [0.1, 0.15) is 6.92 Å². The molecule has 0 N–H and O–H groups in total. The van der Waals surface area contributed by atoms with Crippen LogP contribution in [-0.4, -0.2) is 39.7 Å². The Morgan fingerprint density at radius 3 is 2.27 bits per heavy atom. The van der Waals surface area contributed by atoms with Gasteiger partial charge in [-0.15, -0.1) is 0 Å². The minimum atomic E-state index is -2.23. The average molecular weight is 178 g/mol. The maximum atomic E-state index is 10.3. The maximum Gasteiger partial charge on any atom is 0.140 e. The van der Waals surface area contributed by atoms with E-state index in [1.807, 2.05) is 32.3 Å². The van der Waals surface area contributed by atoms with Crippen LogP contribution in [0.25, 0.3) is 0 Å². The van der Waals surface area contributed by atoms with Crippen molar-refractivity contribution in [3.8, 4) is 0 Å². The van der Waals surface area contributed by atoms with Crippen LogP contribution < -0.4 is 0 Å². The fourth-order valence-corrected chi connectivity index (χ4v) is 1.64. The Bertz CT molecular complexity index is 158. The first-order valence-electron chi connectivity index (χ1n) is 3.62. The van der Waals surface area contributed by atoms with Crippen LogP contribution in [0.3, 0.4) is 0 Å². The van der Waals surface area contributed by atoms with Gasteiger partial charge in [0.25, 0.3) is 0 Å². The summed E-state index contributed by atoms with van der Waals surface area (Å²) >= 11 is 0. The third-order valence-corrected chi connectivity index (χ3v) is 2.22. The maximum absolute atomic E-state index is 10.3. The predicted octanol–water partition coefficient (Wildman–Crippen LogP) is -0.000210. The van der Waals surface area contributed by atoms with E-state index in [9.17, 15) is 8.42 Å². The molecule has 0 aromatic carbocycles. The summed E-state index contributed by atoms with van der Waals surface area (Å²) in [5.41, 5.74) is 0. The smallest absolute Gasteiger partial charge is 0.140 e. The highest BCUT2D eigenvalue weighted by Gasteiger charge is 2.08. The van der Waals surface area contributed by atoms with Crippen molar-refractivity contribution in [2.24, 2.45) is 5.92 Å². The molecule has 0 aromatic rings. The summed E-state index contributed by atoms with van der Waals surface area (Å²) < 4.78 is 20.7. The molecule has 3 nitrogen and oxygen atoms in total. The Balaban J connectivity index is 3.76. The fourth-order valence-electron chi connectivity index (χ4n) is 0.929. The summed E-state index contributed by atoms with van der Waals surface area (Å²) in [7, 11) is 1.64. The normalized spacial score (nSPS) is 14.3. The molecule has 0 fully saturated rings. The lowest BCUT2D eigenvalue weighted by Crippen LogP contribution is -2.24. The molecular formula is C7H16NO2S. The number of hydrogen-bond donors (Lipinski definition) is 1. The van der Waals surface area contributed by atoms with Crippen LogP contribution in [0.4, 0.5) is 0 Å². The molecule has 1 radical (unpaired) electrons. The molecule has 4 heteroatoms. The summed E-state index contributed by atoms with van der Waals surface area (Å²) in [6, 6.07) is 0. The zero-order chi connectivity index (χ0) is 8.85. The molecule has 0 spiro atoms. The van der Waals surface area contributed by atoms with Crippen molar-refractivity contribution in [3.05, 3.63) is 6.42 Å². The summed E-state index contributed by atoms with van der Waals surface area (Å²) in [5, 5.41) is 0. The lowest BCUT2D eigenvalue weighted by atomic mass is 10.1. The van der Waals surface area contributed by atoms with E-state index in [4.69, 9.17) is 0 Å². The van der Waals surface area contributed by atoms with E-state index in [-0.39, 0.29) is 11.7 Å². The third-order valence-electron chi connectivity index (χ3n) is 1.45. The Morgan fingerprint density at radius 2 is 2.00 bits per heavy atom. The van der Waals surface area contributed by atoms with E-state index >= 15 is 0 Å². The molecule has 0 aliphatic rings. The van der Waals surface area contributed by atoms with Gasteiger partial charge in [-0.2, -0.15) is 0 Å². The number of nitrogens with zero attached hydrogens (tertiary/aromatic N) is 1.